The van der Waals surface area contributed by atoms with Crippen LogP contribution in [0, 0.1) is 6.92 Å². The van der Waals surface area contributed by atoms with Gasteiger partial charge in [-0.25, -0.2) is 15.0 Å². The summed E-state index contributed by atoms with van der Waals surface area (Å²) in [4.78, 5) is 12.8. The molecule has 4 atom stereocenters. The van der Waals surface area contributed by atoms with Crippen LogP contribution < -0.4 is 0 Å². The summed E-state index contributed by atoms with van der Waals surface area (Å²) in [5.74, 6) is 0. The van der Waals surface area contributed by atoms with Gasteiger partial charge < -0.3 is 9.47 Å². The van der Waals surface area contributed by atoms with E-state index < -0.39 is 0 Å². The maximum absolute atomic E-state index is 6.00. The zero-order chi connectivity index (χ0) is 12.3. The lowest BCUT2D eigenvalue weighted by Crippen LogP contribution is -2.18. The molecule has 2 fully saturated rings. The van der Waals surface area contributed by atoms with Crippen molar-refractivity contribution >= 4 is 11.2 Å². The van der Waals surface area contributed by atoms with Crippen LogP contribution in [0.1, 0.15) is 25.3 Å². The van der Waals surface area contributed by atoms with Crippen molar-refractivity contribution in [3.63, 3.8) is 0 Å². The Bertz CT molecular complexity index is 611. The van der Waals surface area contributed by atoms with Gasteiger partial charge in [0.1, 0.15) is 24.1 Å². The second-order valence-electron chi connectivity index (χ2n) is 4.82. The fourth-order valence-corrected chi connectivity index (χ4v) is 2.71. The molecular weight excluding hydrogens is 232 g/mol. The predicted molar refractivity (Wildman–Crippen MR) is 62.9 cm³/mol. The van der Waals surface area contributed by atoms with Gasteiger partial charge in [0.25, 0.3) is 0 Å². The quantitative estimate of drug-likeness (QED) is 0.745. The van der Waals surface area contributed by atoms with Crippen LogP contribution in [0.15, 0.2) is 12.7 Å². The second-order valence-corrected chi connectivity index (χ2v) is 4.82. The van der Waals surface area contributed by atoms with Crippen LogP contribution in [0.25, 0.3) is 11.2 Å². The maximum atomic E-state index is 6.00. The zero-order valence-corrected chi connectivity index (χ0v) is 10.3. The molecule has 6 nitrogen and oxygen atoms in total. The summed E-state index contributed by atoms with van der Waals surface area (Å²) in [5, 5.41) is 0. The number of hydrogen-bond acceptors (Lipinski definition) is 5. The molecule has 0 aliphatic carbocycles. The summed E-state index contributed by atoms with van der Waals surface area (Å²) in [6.07, 6.45) is 4.81. The number of imidazole rings is 1. The van der Waals surface area contributed by atoms with E-state index in [1.807, 2.05) is 11.5 Å². The van der Waals surface area contributed by atoms with E-state index in [0.29, 0.717) is 0 Å². The van der Waals surface area contributed by atoms with Gasteiger partial charge in [-0.15, -0.1) is 0 Å². The number of hydrogen-bond donors (Lipinski definition) is 0. The molecular formula is C12H14N4O2. The number of aromatic nitrogens is 4. The minimum absolute atomic E-state index is 0.0979. The number of ether oxygens (including phenoxy) is 2. The topological polar surface area (TPSA) is 65.4 Å². The molecule has 0 spiro atoms. The molecule has 0 amide bonds. The van der Waals surface area contributed by atoms with Gasteiger partial charge in [-0.2, -0.15) is 0 Å². The molecule has 2 aromatic rings. The van der Waals surface area contributed by atoms with Crippen molar-refractivity contribution in [3.8, 4) is 0 Å². The van der Waals surface area contributed by atoms with Crippen LogP contribution in [0.4, 0.5) is 0 Å². The van der Waals surface area contributed by atoms with E-state index in [1.54, 1.807) is 12.7 Å². The molecule has 0 aromatic carbocycles. The Morgan fingerprint density at radius 2 is 2.11 bits per heavy atom. The Labute approximate surface area is 104 Å². The third-order valence-electron chi connectivity index (χ3n) is 3.74. The monoisotopic (exact) mass is 246 g/mol. The minimum Gasteiger partial charge on any atom is -0.362 e. The average Bonchev–Trinajstić information content (AvgIpc) is 2.91. The molecule has 94 valence electrons. The van der Waals surface area contributed by atoms with Gasteiger partial charge in [-0.05, 0) is 13.3 Å². The van der Waals surface area contributed by atoms with Crippen molar-refractivity contribution in [1.82, 2.24) is 19.5 Å². The van der Waals surface area contributed by atoms with Crippen molar-refractivity contribution in [2.24, 2.45) is 0 Å². The maximum Gasteiger partial charge on any atom is 0.166 e. The van der Waals surface area contributed by atoms with Crippen molar-refractivity contribution in [2.45, 2.75) is 44.8 Å². The lowest BCUT2D eigenvalue weighted by atomic mass is 10.2. The fraction of sp³-hybridized carbons (Fsp3) is 0.583. The molecule has 0 saturated carbocycles. The Morgan fingerprint density at radius 1 is 1.22 bits per heavy atom. The van der Waals surface area contributed by atoms with E-state index in [2.05, 4.69) is 21.9 Å². The van der Waals surface area contributed by atoms with Crippen molar-refractivity contribution in [3.05, 3.63) is 18.3 Å². The highest BCUT2D eigenvalue weighted by atomic mass is 16.7. The van der Waals surface area contributed by atoms with Gasteiger partial charge in [0.05, 0.1) is 18.1 Å². The summed E-state index contributed by atoms with van der Waals surface area (Å²) in [6.45, 7) is 4.05. The van der Waals surface area contributed by atoms with Crippen LogP contribution in [-0.4, -0.2) is 37.8 Å². The normalized spacial score (nSPS) is 33.9. The number of epoxide rings is 1. The standard InChI is InChI=1S/C12H14N4O2/c1-3-7-9-10(18-9)12(17-7)16-5-15-8-6(2)13-4-14-11(8)16/h4-5,7,9-10,12H,3H2,1-2H3/t7-,9?,10+,12-/m1/s1. The summed E-state index contributed by atoms with van der Waals surface area (Å²) < 4.78 is 13.6. The minimum atomic E-state index is -0.0979. The van der Waals surface area contributed by atoms with E-state index in [9.17, 15) is 0 Å². The molecule has 2 aromatic heterocycles. The van der Waals surface area contributed by atoms with Crippen LogP contribution in [0.5, 0.6) is 0 Å². The highest BCUT2D eigenvalue weighted by molar-refractivity contribution is 5.72. The highest BCUT2D eigenvalue weighted by Crippen LogP contribution is 2.46. The highest BCUT2D eigenvalue weighted by Gasteiger charge is 2.58. The van der Waals surface area contributed by atoms with Gasteiger partial charge in [0.2, 0.25) is 0 Å². The Morgan fingerprint density at radius 3 is 2.89 bits per heavy atom. The molecule has 0 N–H and O–H groups in total. The smallest absolute Gasteiger partial charge is 0.166 e. The van der Waals surface area contributed by atoms with Gasteiger partial charge in [-0.3, -0.25) is 4.57 Å². The first kappa shape index (κ1) is 10.4. The molecule has 2 aliphatic rings. The van der Waals surface area contributed by atoms with E-state index in [4.69, 9.17) is 9.47 Å². The Balaban J connectivity index is 1.78. The van der Waals surface area contributed by atoms with Crippen LogP contribution in [-0.2, 0) is 9.47 Å². The Hall–Kier alpha value is -1.53. The largest absolute Gasteiger partial charge is 0.362 e. The van der Waals surface area contributed by atoms with Crippen LogP contribution in [0.2, 0.25) is 0 Å². The first-order chi connectivity index (χ1) is 8.79. The third-order valence-corrected chi connectivity index (χ3v) is 3.74. The number of fused-ring (bicyclic) bond motifs is 2. The summed E-state index contributed by atoms with van der Waals surface area (Å²) in [7, 11) is 0. The number of aryl methyl sites for hydroxylation is 1. The van der Waals surface area contributed by atoms with E-state index in [1.165, 1.54) is 0 Å². The van der Waals surface area contributed by atoms with Crippen molar-refractivity contribution in [1.29, 1.82) is 0 Å². The fourth-order valence-electron chi connectivity index (χ4n) is 2.71. The first-order valence-corrected chi connectivity index (χ1v) is 6.24. The molecule has 1 unspecified atom stereocenters. The molecule has 0 bridgehead atoms. The van der Waals surface area contributed by atoms with Gasteiger partial charge in [-0.1, -0.05) is 6.92 Å². The molecule has 18 heavy (non-hydrogen) atoms. The number of nitrogens with zero attached hydrogens (tertiary/aromatic N) is 4. The number of rotatable bonds is 2. The Kier molecular flexibility index (Phi) is 2.02. The second kappa shape index (κ2) is 3.49. The summed E-state index contributed by atoms with van der Waals surface area (Å²) >= 11 is 0. The van der Waals surface area contributed by atoms with E-state index in [-0.39, 0.29) is 24.5 Å². The van der Waals surface area contributed by atoms with Crippen LogP contribution in [0.3, 0.4) is 0 Å². The predicted octanol–water partition coefficient (Wildman–Crippen LogP) is 1.21. The summed E-state index contributed by atoms with van der Waals surface area (Å²) in [6, 6.07) is 0. The van der Waals surface area contributed by atoms with E-state index >= 15 is 0 Å². The van der Waals surface area contributed by atoms with Gasteiger partial charge in [0, 0.05) is 0 Å². The molecule has 4 rings (SSSR count). The van der Waals surface area contributed by atoms with Gasteiger partial charge in [0.15, 0.2) is 11.9 Å². The van der Waals surface area contributed by atoms with E-state index in [0.717, 1.165) is 23.3 Å². The summed E-state index contributed by atoms with van der Waals surface area (Å²) in [5.41, 5.74) is 2.54. The molecule has 0 radical (unpaired) electrons. The van der Waals surface area contributed by atoms with Gasteiger partial charge >= 0.3 is 0 Å². The zero-order valence-electron chi connectivity index (χ0n) is 10.3. The lowest BCUT2D eigenvalue weighted by Gasteiger charge is -2.17. The molecule has 4 heterocycles. The molecule has 2 aliphatic heterocycles. The lowest BCUT2D eigenvalue weighted by molar-refractivity contribution is -0.0657. The van der Waals surface area contributed by atoms with Crippen LogP contribution >= 0.6 is 0 Å². The average molecular weight is 246 g/mol. The van der Waals surface area contributed by atoms with Crippen molar-refractivity contribution < 1.29 is 9.47 Å². The SMILES string of the molecule is CC[C@H]1O[C@@H](n2cnc3c(C)ncnc32)[C@H]2OC12. The molecule has 6 heteroatoms. The first-order valence-electron chi connectivity index (χ1n) is 6.24. The third kappa shape index (κ3) is 1.27. The molecule has 2 saturated heterocycles. The van der Waals surface area contributed by atoms with Crippen molar-refractivity contribution in [2.75, 3.05) is 0 Å².